The SMILES string of the molecule is CCCCCCCCCCCCCCCC(=O)OC[C@@H](NC(=O)N1CC2=C(CN=C2NC(=O)C2([Si](C)(C)C)CCC2)C1(C)C)c1ccccc1. The molecule has 2 aliphatic heterocycles. The first-order valence-electron chi connectivity index (χ1n) is 19.8. The second-order valence-electron chi connectivity index (χ2n) is 16.5. The largest absolute Gasteiger partial charge is 0.463 e. The van der Waals surface area contributed by atoms with E-state index in [-0.39, 0.29) is 29.6 Å². The number of carbonyl (C=O) groups excluding carboxylic acids is 3. The number of aliphatic imine (C=N–C) groups is 1. The van der Waals surface area contributed by atoms with Crippen molar-refractivity contribution in [3.63, 3.8) is 0 Å². The van der Waals surface area contributed by atoms with Gasteiger partial charge in [0.2, 0.25) is 5.91 Å². The topological polar surface area (TPSA) is 100 Å². The van der Waals surface area contributed by atoms with Gasteiger partial charge in [-0.05, 0) is 44.2 Å². The minimum atomic E-state index is -1.74. The highest BCUT2D eigenvalue weighted by atomic mass is 28.3. The summed E-state index contributed by atoms with van der Waals surface area (Å²) in [6.45, 7) is 14.1. The molecular weight excluding hydrogens is 641 g/mol. The molecule has 50 heavy (non-hydrogen) atoms. The fraction of sp³-hybridized carbons (Fsp3) is 0.707. The van der Waals surface area contributed by atoms with E-state index in [1.54, 1.807) is 0 Å². The van der Waals surface area contributed by atoms with Gasteiger partial charge in [-0.3, -0.25) is 14.6 Å². The molecule has 1 aliphatic carbocycles. The zero-order valence-electron chi connectivity index (χ0n) is 32.1. The van der Waals surface area contributed by atoms with Crippen molar-refractivity contribution in [2.24, 2.45) is 4.99 Å². The van der Waals surface area contributed by atoms with Crippen LogP contribution in [0.1, 0.15) is 142 Å². The van der Waals surface area contributed by atoms with Gasteiger partial charge in [-0.25, -0.2) is 4.79 Å². The second kappa shape index (κ2) is 18.5. The number of unbranched alkanes of at least 4 members (excludes halogenated alkanes) is 12. The molecule has 2 N–H and O–H groups in total. The number of carbonyl (C=O) groups is 3. The molecule has 1 atom stereocenters. The molecule has 0 aromatic heterocycles. The van der Waals surface area contributed by atoms with E-state index in [4.69, 9.17) is 9.73 Å². The van der Waals surface area contributed by atoms with Crippen molar-refractivity contribution in [1.29, 1.82) is 0 Å². The predicted octanol–water partition coefficient (Wildman–Crippen LogP) is 9.64. The highest BCUT2D eigenvalue weighted by Crippen LogP contribution is 2.55. The van der Waals surface area contributed by atoms with Crippen molar-refractivity contribution < 1.29 is 19.1 Å². The summed E-state index contributed by atoms with van der Waals surface area (Å²) in [4.78, 5) is 46.8. The highest BCUT2D eigenvalue weighted by Gasteiger charge is 2.54. The van der Waals surface area contributed by atoms with Gasteiger partial charge >= 0.3 is 12.0 Å². The van der Waals surface area contributed by atoms with Gasteiger partial charge in [-0.2, -0.15) is 0 Å². The molecule has 0 saturated heterocycles. The van der Waals surface area contributed by atoms with Crippen LogP contribution in [-0.4, -0.2) is 62.0 Å². The Morgan fingerprint density at radius 2 is 1.46 bits per heavy atom. The van der Waals surface area contributed by atoms with Gasteiger partial charge in [0.25, 0.3) is 0 Å². The van der Waals surface area contributed by atoms with Crippen LogP contribution in [0.4, 0.5) is 4.79 Å². The van der Waals surface area contributed by atoms with E-state index in [1.165, 1.54) is 64.2 Å². The Morgan fingerprint density at radius 1 is 0.880 bits per heavy atom. The third-order valence-electron chi connectivity index (χ3n) is 11.7. The number of amidine groups is 1. The lowest BCUT2D eigenvalue weighted by Gasteiger charge is -2.49. The van der Waals surface area contributed by atoms with Crippen molar-refractivity contribution in [1.82, 2.24) is 15.5 Å². The lowest BCUT2D eigenvalue weighted by Crippen LogP contribution is -2.55. The Labute approximate surface area is 303 Å². The average molecular weight is 707 g/mol. The summed E-state index contributed by atoms with van der Waals surface area (Å²) < 4.78 is 5.75. The molecule has 8 nitrogen and oxygen atoms in total. The summed E-state index contributed by atoms with van der Waals surface area (Å²) in [7, 11) is -1.74. The van der Waals surface area contributed by atoms with Crippen molar-refractivity contribution >= 4 is 31.8 Å². The van der Waals surface area contributed by atoms with Crippen LogP contribution in [0.5, 0.6) is 0 Å². The van der Waals surface area contributed by atoms with Gasteiger partial charge in [0.15, 0.2) is 0 Å². The molecule has 0 radical (unpaired) electrons. The predicted molar refractivity (Wildman–Crippen MR) is 207 cm³/mol. The first-order valence-corrected chi connectivity index (χ1v) is 23.3. The average Bonchev–Trinajstić information content (AvgIpc) is 3.57. The van der Waals surface area contributed by atoms with Crippen molar-refractivity contribution in [3.8, 4) is 0 Å². The maximum absolute atomic E-state index is 13.9. The molecule has 1 fully saturated rings. The van der Waals surface area contributed by atoms with E-state index >= 15 is 0 Å². The first kappa shape index (κ1) is 39.8. The van der Waals surface area contributed by atoms with Gasteiger partial charge in [0.1, 0.15) is 12.4 Å². The molecule has 0 unspecified atom stereocenters. The molecule has 2 heterocycles. The lowest BCUT2D eigenvalue weighted by molar-refractivity contribution is -0.144. The molecule has 1 aromatic rings. The molecular formula is C41H66N4O4Si. The third kappa shape index (κ3) is 10.1. The molecule has 1 aromatic carbocycles. The number of amides is 3. The van der Waals surface area contributed by atoms with E-state index in [9.17, 15) is 14.4 Å². The zero-order chi connectivity index (χ0) is 36.2. The van der Waals surface area contributed by atoms with E-state index in [0.29, 0.717) is 25.3 Å². The van der Waals surface area contributed by atoms with E-state index in [1.807, 2.05) is 49.1 Å². The number of benzene rings is 1. The minimum Gasteiger partial charge on any atom is -0.463 e. The number of hydrogen-bond donors (Lipinski definition) is 2. The maximum atomic E-state index is 13.9. The first-order chi connectivity index (χ1) is 23.9. The Hall–Kier alpha value is -2.94. The molecule has 1 saturated carbocycles. The van der Waals surface area contributed by atoms with Crippen LogP contribution in [0, 0.1) is 0 Å². The number of urea groups is 1. The molecule has 4 rings (SSSR count). The molecule has 0 spiro atoms. The zero-order valence-corrected chi connectivity index (χ0v) is 33.1. The van der Waals surface area contributed by atoms with Gasteiger partial charge in [0, 0.05) is 17.0 Å². The Kier molecular flexibility index (Phi) is 14.8. The van der Waals surface area contributed by atoms with E-state index in [2.05, 4.69) is 37.2 Å². The monoisotopic (exact) mass is 706 g/mol. The van der Waals surface area contributed by atoms with Crippen LogP contribution in [-0.2, 0) is 14.3 Å². The smallest absolute Gasteiger partial charge is 0.319 e. The van der Waals surface area contributed by atoms with Crippen LogP contribution >= 0.6 is 0 Å². The number of esters is 1. The van der Waals surface area contributed by atoms with Crippen LogP contribution < -0.4 is 10.6 Å². The van der Waals surface area contributed by atoms with Gasteiger partial charge in [-0.1, -0.05) is 140 Å². The van der Waals surface area contributed by atoms with E-state index in [0.717, 1.165) is 55.2 Å². The Balaban J connectivity index is 1.22. The number of nitrogens with one attached hydrogen (secondary N) is 2. The van der Waals surface area contributed by atoms with Crippen LogP contribution in [0.3, 0.4) is 0 Å². The van der Waals surface area contributed by atoms with Gasteiger partial charge in [-0.15, -0.1) is 0 Å². The van der Waals surface area contributed by atoms with Gasteiger partial charge in [0.05, 0.1) is 32.7 Å². The summed E-state index contributed by atoms with van der Waals surface area (Å²) in [6, 6.07) is 9.00. The van der Waals surface area contributed by atoms with Crippen molar-refractivity contribution in [2.75, 3.05) is 19.7 Å². The number of ether oxygens (including phenoxy) is 1. The quantitative estimate of drug-likeness (QED) is 0.0801. The lowest BCUT2D eigenvalue weighted by atomic mass is 9.83. The van der Waals surface area contributed by atoms with Crippen LogP contribution in [0.2, 0.25) is 24.7 Å². The van der Waals surface area contributed by atoms with Crippen molar-refractivity contribution in [2.45, 2.75) is 166 Å². The summed E-state index contributed by atoms with van der Waals surface area (Å²) >= 11 is 0. The molecule has 0 bridgehead atoms. The summed E-state index contributed by atoms with van der Waals surface area (Å²) in [5, 5.41) is 6.13. The highest BCUT2D eigenvalue weighted by molar-refractivity contribution is 6.82. The summed E-state index contributed by atoms with van der Waals surface area (Å²) in [5.41, 5.74) is 2.33. The number of hydrogen-bond acceptors (Lipinski definition) is 5. The Morgan fingerprint density at radius 3 is 2.00 bits per heavy atom. The van der Waals surface area contributed by atoms with E-state index < -0.39 is 19.7 Å². The fourth-order valence-electron chi connectivity index (χ4n) is 7.93. The van der Waals surface area contributed by atoms with Crippen LogP contribution in [0.15, 0.2) is 46.5 Å². The van der Waals surface area contributed by atoms with Crippen molar-refractivity contribution in [3.05, 3.63) is 47.0 Å². The Bertz CT molecular complexity index is 1350. The molecule has 3 amide bonds. The second-order valence-corrected chi connectivity index (χ2v) is 22.0. The summed E-state index contributed by atoms with van der Waals surface area (Å²) in [6.07, 6.45) is 19.8. The normalized spacial score (nSPS) is 18.3. The fourth-order valence-corrected chi connectivity index (χ4v) is 10.5. The molecule has 9 heteroatoms. The third-order valence-corrected chi connectivity index (χ3v) is 15.3. The van der Waals surface area contributed by atoms with Gasteiger partial charge < -0.3 is 20.3 Å². The summed E-state index contributed by atoms with van der Waals surface area (Å²) in [5.74, 6) is 0.505. The van der Waals surface area contributed by atoms with Crippen LogP contribution in [0.25, 0.3) is 0 Å². The maximum Gasteiger partial charge on any atom is 0.319 e. The number of rotatable bonds is 20. The number of nitrogens with zero attached hydrogens (tertiary/aromatic N) is 2. The molecule has 278 valence electrons. The standard InChI is InChI=1S/C41H66N4O4Si/c1-7-8-9-10-11-12-13-14-15-16-17-18-22-26-36(46)49-31-35(32-24-20-19-21-25-32)43-39(48)45-30-33-34(40(45,2)3)29-42-37(33)44-38(47)41(27-23-28-41)50(4,5)6/h19-21,24-25,35H,7-18,22-23,26-31H2,1-6H3,(H,43,48)(H,42,44,47)/t35-/m1/s1. The minimum absolute atomic E-state index is 0.0793. The molecule has 3 aliphatic rings.